The number of unbranched alkanes of at least 4 members (excludes halogenated alkanes) is 4. The zero-order valence-electron chi connectivity index (χ0n) is 42.8. The molecule has 4 amide bonds. The van der Waals surface area contributed by atoms with Gasteiger partial charge in [0, 0.05) is 73.6 Å². The summed E-state index contributed by atoms with van der Waals surface area (Å²) >= 11 is 0. The van der Waals surface area contributed by atoms with Gasteiger partial charge < -0.3 is 52.2 Å². The van der Waals surface area contributed by atoms with Crippen molar-refractivity contribution in [3.63, 3.8) is 0 Å². The summed E-state index contributed by atoms with van der Waals surface area (Å²) in [7, 11) is 8.32. The molecule has 0 bridgehead atoms. The van der Waals surface area contributed by atoms with E-state index in [0.717, 1.165) is 84.9 Å². The first-order chi connectivity index (χ1) is 33.8. The Bertz CT molecular complexity index is 2500. The van der Waals surface area contributed by atoms with Crippen molar-refractivity contribution < 1.29 is 51.1 Å². The molecule has 1 unspecified atom stereocenters. The molecule has 71 heavy (non-hydrogen) atoms. The standard InChI is InChI=1S/C53H73BF2N8O7/c1-8-9-16-41-36-48(44-27-20-39(3)58-44)62-47(41)37-46-38(2)35-42(61(46)54(62,55)56)24-21-40-22-25-43(26-23-40)70-34-15-18-49(65)59-45(17-12-14-33-64(5,6)7)53(69)57-30-32-60(4)31-13-10-11-19-52(68)71-63-50(66)28-29-51(63)67/h20-27,35-37,45,58H,8-19,28-34H2,1-7H3,(H-,57,59,65,69)/p+1/b24-21+. The summed E-state index contributed by atoms with van der Waals surface area (Å²) in [4.78, 5) is 72.2. The number of aryl methyl sites for hydroxylation is 2. The molecule has 0 saturated carbocycles. The fourth-order valence-electron chi connectivity index (χ4n) is 9.10. The lowest BCUT2D eigenvalue weighted by Crippen LogP contribution is -2.51. The van der Waals surface area contributed by atoms with Crippen LogP contribution in [0.3, 0.4) is 0 Å². The van der Waals surface area contributed by atoms with Crippen molar-refractivity contribution in [2.45, 2.75) is 117 Å². The number of carbonyl (C=O) groups is 5. The van der Waals surface area contributed by atoms with Gasteiger partial charge in [0.15, 0.2) is 11.4 Å². The van der Waals surface area contributed by atoms with Gasteiger partial charge in [0.1, 0.15) is 17.5 Å². The third-order valence-electron chi connectivity index (χ3n) is 13.0. The van der Waals surface area contributed by atoms with Crippen LogP contribution in [0.5, 0.6) is 5.75 Å². The molecule has 18 heteroatoms. The van der Waals surface area contributed by atoms with E-state index in [-0.39, 0.29) is 44.1 Å². The quantitative estimate of drug-likeness (QED) is 0.0292. The molecule has 5 heterocycles. The van der Waals surface area contributed by atoms with Gasteiger partial charge in [0.05, 0.1) is 34.3 Å². The highest BCUT2D eigenvalue weighted by Gasteiger charge is 2.54. The average Bonchev–Trinajstić information content (AvgIpc) is 4.09. The Balaban J connectivity index is 0.949. The van der Waals surface area contributed by atoms with Gasteiger partial charge in [0.25, 0.3) is 11.8 Å². The lowest BCUT2D eigenvalue weighted by atomic mass is 9.88. The number of amides is 4. The highest BCUT2D eigenvalue weighted by Crippen LogP contribution is 2.40. The summed E-state index contributed by atoms with van der Waals surface area (Å²) in [5.41, 5.74) is 6.08. The summed E-state index contributed by atoms with van der Waals surface area (Å²) in [6, 6.07) is 12.3. The lowest BCUT2D eigenvalue weighted by molar-refractivity contribution is -0.870. The van der Waals surface area contributed by atoms with E-state index in [1.807, 2.05) is 81.6 Å². The minimum absolute atomic E-state index is 0.0602. The molecule has 1 atom stereocenters. The molecule has 3 aliphatic heterocycles. The summed E-state index contributed by atoms with van der Waals surface area (Å²) in [6.45, 7) is 4.65. The largest absolute Gasteiger partial charge is 0.737 e. The van der Waals surface area contributed by atoms with Crippen LogP contribution in [0.25, 0.3) is 18.2 Å². The van der Waals surface area contributed by atoms with Crippen LogP contribution < -0.4 is 15.4 Å². The highest BCUT2D eigenvalue weighted by molar-refractivity contribution is 6.58. The third kappa shape index (κ3) is 15.0. The van der Waals surface area contributed by atoms with Crippen molar-refractivity contribution in [3.05, 3.63) is 93.7 Å². The number of H-pyrrole nitrogens is 1. The number of hydrogen-bond acceptors (Lipinski definition) is 8. The first-order valence-corrected chi connectivity index (χ1v) is 25.4. The number of nitrogens with zero attached hydrogens (tertiary/aromatic N) is 5. The Morgan fingerprint density at radius 1 is 0.915 bits per heavy atom. The van der Waals surface area contributed by atoms with E-state index < -0.39 is 30.8 Å². The molecule has 3 N–H and O–H groups in total. The summed E-state index contributed by atoms with van der Waals surface area (Å²) in [5.74, 6) is -1.42. The second-order valence-corrected chi connectivity index (χ2v) is 20.1. The molecule has 15 nitrogen and oxygen atoms in total. The third-order valence-corrected chi connectivity index (χ3v) is 13.0. The second kappa shape index (κ2) is 24.8. The van der Waals surface area contributed by atoms with Crippen LogP contribution in [0.4, 0.5) is 8.63 Å². The zero-order chi connectivity index (χ0) is 51.3. The van der Waals surface area contributed by atoms with E-state index in [1.165, 1.54) is 8.96 Å². The summed E-state index contributed by atoms with van der Waals surface area (Å²) in [5, 5.41) is 6.52. The number of quaternary nitrogens is 1. The normalized spacial score (nSPS) is 15.8. The van der Waals surface area contributed by atoms with Crippen LogP contribution >= 0.6 is 0 Å². The Morgan fingerprint density at radius 2 is 1.66 bits per heavy atom. The van der Waals surface area contributed by atoms with Gasteiger partial charge in [0.2, 0.25) is 11.8 Å². The van der Waals surface area contributed by atoms with Crippen molar-refractivity contribution in [3.8, 4) is 5.75 Å². The van der Waals surface area contributed by atoms with E-state index in [2.05, 4.69) is 48.6 Å². The predicted octanol–water partition coefficient (Wildman–Crippen LogP) is 7.55. The lowest BCUT2D eigenvalue weighted by Gasteiger charge is -2.31. The number of carbonyl (C=O) groups excluding carboxylic acids is 5. The number of fused-ring (bicyclic) bond motifs is 2. The molecule has 384 valence electrons. The summed E-state index contributed by atoms with van der Waals surface area (Å²) in [6.07, 6.45) is 15.2. The van der Waals surface area contributed by atoms with Gasteiger partial charge in [-0.1, -0.05) is 38.0 Å². The molecule has 3 aromatic rings. The predicted molar refractivity (Wildman–Crippen MR) is 273 cm³/mol. The second-order valence-electron chi connectivity index (χ2n) is 20.1. The van der Waals surface area contributed by atoms with Gasteiger partial charge in [-0.25, -0.2) is 4.79 Å². The SMILES string of the molecule is CCCCC1=CC(c2ccc(C)[nH]2)=[N+]2C1=Cc1c(C)cc(/C=C/c3ccc(OCCCC(=O)NC(CCCC[N+](C)(C)C)C(=O)NCCN(C)CCCCCC(=O)ON4C(=O)CCC4=O)cc3)n1[B-]2(F)F. The van der Waals surface area contributed by atoms with Crippen LogP contribution in [-0.4, -0.2) is 138 Å². The van der Waals surface area contributed by atoms with E-state index >= 15 is 8.63 Å². The van der Waals surface area contributed by atoms with Gasteiger partial charge in [-0.15, -0.1) is 5.06 Å². The van der Waals surface area contributed by atoms with E-state index in [0.29, 0.717) is 71.7 Å². The molecule has 1 fully saturated rings. The maximum Gasteiger partial charge on any atom is 0.737 e. The maximum atomic E-state index is 16.9. The van der Waals surface area contributed by atoms with Crippen LogP contribution in [0.15, 0.2) is 59.8 Å². The number of hydrogen-bond donors (Lipinski definition) is 3. The molecule has 1 aromatic carbocycles. The van der Waals surface area contributed by atoms with Crippen molar-refractivity contribution >= 4 is 60.5 Å². The topological polar surface area (TPSA) is 158 Å². The fraction of sp³-hybridized carbons (Fsp3) is 0.509. The van der Waals surface area contributed by atoms with Gasteiger partial charge in [-0.2, -0.15) is 0 Å². The zero-order valence-corrected chi connectivity index (χ0v) is 42.8. The number of likely N-dealkylation sites (N-methyl/N-ethyl adjacent to an activating group) is 1. The number of halogens is 2. The number of hydroxylamine groups is 2. The van der Waals surface area contributed by atoms with Crippen molar-refractivity contribution in [1.82, 2.24) is 30.1 Å². The van der Waals surface area contributed by atoms with E-state index in [9.17, 15) is 24.0 Å². The van der Waals surface area contributed by atoms with Crippen molar-refractivity contribution in [1.29, 1.82) is 0 Å². The van der Waals surface area contributed by atoms with E-state index in [4.69, 9.17) is 9.57 Å². The number of benzene rings is 1. The average molecular weight is 984 g/mol. The molecule has 6 rings (SSSR count). The number of aromatic nitrogens is 2. The number of rotatable bonds is 28. The van der Waals surface area contributed by atoms with Crippen LogP contribution in [-0.2, 0) is 28.8 Å². The molecule has 3 aliphatic rings. The first-order valence-electron chi connectivity index (χ1n) is 25.4. The van der Waals surface area contributed by atoms with E-state index in [1.54, 1.807) is 6.08 Å². The highest BCUT2D eigenvalue weighted by atomic mass is 19.2. The molecule has 0 aliphatic carbocycles. The smallest absolute Gasteiger partial charge is 0.494 e. The van der Waals surface area contributed by atoms with Crippen molar-refractivity contribution in [2.24, 2.45) is 0 Å². The molecule has 1 saturated heterocycles. The van der Waals surface area contributed by atoms with Crippen LogP contribution in [0.2, 0.25) is 0 Å². The number of imide groups is 1. The van der Waals surface area contributed by atoms with Crippen LogP contribution in [0.1, 0.15) is 131 Å². The Labute approximate surface area is 417 Å². The molecular weight excluding hydrogens is 909 g/mol. The molecule has 0 radical (unpaired) electrons. The van der Waals surface area contributed by atoms with Crippen LogP contribution in [0, 0.1) is 13.8 Å². The Morgan fingerprint density at radius 3 is 2.35 bits per heavy atom. The Kier molecular flexibility index (Phi) is 18.9. The number of allylic oxidation sites excluding steroid dienone is 2. The monoisotopic (exact) mass is 984 g/mol. The minimum Gasteiger partial charge on any atom is -0.494 e. The summed E-state index contributed by atoms with van der Waals surface area (Å²) < 4.78 is 43.1. The fourth-order valence-corrected chi connectivity index (χ4v) is 9.10. The number of nitrogens with one attached hydrogen (secondary N) is 3. The van der Waals surface area contributed by atoms with Gasteiger partial charge in [-0.05, 0) is 126 Å². The molecular formula is C53H74BF2N8O7+. The minimum atomic E-state index is -4.23. The molecule has 0 spiro atoms. The molecule has 2 aromatic heterocycles. The number of aromatic amines is 1. The Hall–Kier alpha value is -6.14. The van der Waals surface area contributed by atoms with Gasteiger partial charge in [-0.3, -0.25) is 19.2 Å². The van der Waals surface area contributed by atoms with Gasteiger partial charge >= 0.3 is 12.9 Å². The number of ether oxygens (including phenoxy) is 1. The maximum absolute atomic E-state index is 16.9. The van der Waals surface area contributed by atoms with Crippen molar-refractivity contribution in [2.75, 3.05) is 61.0 Å². The first kappa shape index (κ1) is 54.2.